The van der Waals surface area contributed by atoms with E-state index in [-0.39, 0.29) is 18.3 Å². The van der Waals surface area contributed by atoms with E-state index < -0.39 is 0 Å². The first kappa shape index (κ1) is 17.2. The summed E-state index contributed by atoms with van der Waals surface area (Å²) >= 11 is 0. The van der Waals surface area contributed by atoms with Gasteiger partial charge in [-0.2, -0.15) is 5.10 Å². The van der Waals surface area contributed by atoms with Crippen LogP contribution >= 0.6 is 12.4 Å². The summed E-state index contributed by atoms with van der Waals surface area (Å²) in [5.41, 5.74) is 4.75. The highest BCUT2D eigenvalue weighted by atomic mass is 35.5. The van der Waals surface area contributed by atoms with Crippen LogP contribution in [0, 0.1) is 6.92 Å². The van der Waals surface area contributed by atoms with Gasteiger partial charge in [-0.1, -0.05) is 41.5 Å². The lowest BCUT2D eigenvalue weighted by molar-refractivity contribution is 0.0951. The molecule has 5 nitrogen and oxygen atoms in total. The van der Waals surface area contributed by atoms with Crippen molar-refractivity contribution in [2.24, 2.45) is 0 Å². The van der Waals surface area contributed by atoms with E-state index in [1.54, 1.807) is 6.07 Å². The predicted octanol–water partition coefficient (Wildman–Crippen LogP) is 2.46. The van der Waals surface area contributed by atoms with Gasteiger partial charge in [-0.05, 0) is 26.0 Å². The van der Waals surface area contributed by atoms with Crippen LogP contribution in [0.5, 0.6) is 0 Å². The van der Waals surface area contributed by atoms with E-state index in [0.717, 1.165) is 30.8 Å². The lowest BCUT2D eigenvalue weighted by Gasteiger charge is -2.14. The molecule has 0 aliphatic carbocycles. The van der Waals surface area contributed by atoms with E-state index in [0.29, 0.717) is 12.2 Å². The fourth-order valence-corrected chi connectivity index (χ4v) is 2.43. The maximum Gasteiger partial charge on any atom is 0.269 e. The number of aromatic amines is 1. The Hall–Kier alpha value is -2.11. The topological polar surface area (TPSA) is 69.8 Å². The molecule has 3 rings (SSSR count). The third-order valence-corrected chi connectivity index (χ3v) is 3.80. The van der Waals surface area contributed by atoms with Crippen molar-refractivity contribution in [2.75, 3.05) is 19.6 Å². The van der Waals surface area contributed by atoms with Crippen LogP contribution in [0.2, 0.25) is 0 Å². The van der Waals surface area contributed by atoms with Gasteiger partial charge >= 0.3 is 0 Å². The summed E-state index contributed by atoms with van der Waals surface area (Å²) in [6.07, 6.45) is 3.12. The van der Waals surface area contributed by atoms with E-state index >= 15 is 0 Å². The number of hydrogen-bond acceptors (Lipinski definition) is 3. The Kier molecular flexibility index (Phi) is 5.96. The van der Waals surface area contributed by atoms with Crippen LogP contribution in [0.4, 0.5) is 0 Å². The molecule has 0 unspecified atom stereocenters. The highest BCUT2D eigenvalue weighted by Crippen LogP contribution is 2.18. The molecule has 122 valence electrons. The fourth-order valence-electron chi connectivity index (χ4n) is 2.43. The largest absolute Gasteiger partial charge is 0.347 e. The van der Waals surface area contributed by atoms with Crippen LogP contribution in [0.3, 0.4) is 0 Å². The number of rotatable bonds is 4. The monoisotopic (exact) mass is 332 g/mol. The Labute approximate surface area is 142 Å². The second-order valence-electron chi connectivity index (χ2n) is 5.53. The summed E-state index contributed by atoms with van der Waals surface area (Å²) in [7, 11) is 0. The zero-order valence-corrected chi connectivity index (χ0v) is 13.9. The Bertz CT molecular complexity index is 691. The van der Waals surface area contributed by atoms with Crippen molar-refractivity contribution >= 4 is 18.3 Å². The zero-order chi connectivity index (χ0) is 15.4. The van der Waals surface area contributed by atoms with Crippen LogP contribution in [-0.4, -0.2) is 35.7 Å². The summed E-state index contributed by atoms with van der Waals surface area (Å²) in [6, 6.07) is 9.87. The molecule has 0 bridgehead atoms. The molecular formula is C17H21ClN4O. The number of aromatic nitrogens is 2. The van der Waals surface area contributed by atoms with Gasteiger partial charge in [-0.15, -0.1) is 12.4 Å². The predicted molar refractivity (Wildman–Crippen MR) is 93.9 cm³/mol. The van der Waals surface area contributed by atoms with Crippen molar-refractivity contribution in [3.05, 3.63) is 53.2 Å². The number of benzene rings is 1. The molecule has 0 spiro atoms. The Morgan fingerprint density at radius 2 is 2.09 bits per heavy atom. The Balaban J connectivity index is 0.00000192. The number of carbonyl (C=O) groups is 1. The minimum absolute atomic E-state index is 0. The molecule has 0 atom stereocenters. The molecule has 2 aromatic rings. The van der Waals surface area contributed by atoms with Crippen LogP contribution in [0.25, 0.3) is 11.3 Å². The van der Waals surface area contributed by atoms with Gasteiger partial charge in [0.15, 0.2) is 0 Å². The minimum atomic E-state index is -0.120. The molecule has 0 radical (unpaired) electrons. The minimum Gasteiger partial charge on any atom is -0.347 e. The number of hydrogen-bond donors (Lipinski definition) is 3. The molecule has 1 aromatic carbocycles. The van der Waals surface area contributed by atoms with Gasteiger partial charge < -0.3 is 10.6 Å². The number of H-pyrrole nitrogens is 1. The third-order valence-electron chi connectivity index (χ3n) is 3.80. The number of nitrogens with zero attached hydrogens (tertiary/aromatic N) is 1. The van der Waals surface area contributed by atoms with Gasteiger partial charge in [0.1, 0.15) is 5.69 Å². The highest BCUT2D eigenvalue weighted by molar-refractivity contribution is 5.93. The van der Waals surface area contributed by atoms with Crippen LogP contribution in [0.1, 0.15) is 22.5 Å². The van der Waals surface area contributed by atoms with E-state index in [2.05, 4.69) is 26.9 Å². The molecule has 6 heteroatoms. The van der Waals surface area contributed by atoms with Crippen molar-refractivity contribution < 1.29 is 4.79 Å². The summed E-state index contributed by atoms with van der Waals surface area (Å²) < 4.78 is 0. The molecule has 3 N–H and O–H groups in total. The van der Waals surface area contributed by atoms with Gasteiger partial charge in [0, 0.05) is 18.7 Å². The number of nitrogens with one attached hydrogen (secondary N) is 3. The van der Waals surface area contributed by atoms with Gasteiger partial charge in [0.2, 0.25) is 0 Å². The van der Waals surface area contributed by atoms with Crippen LogP contribution in [-0.2, 0) is 0 Å². The maximum atomic E-state index is 12.2. The molecule has 1 aliphatic rings. The van der Waals surface area contributed by atoms with Crippen molar-refractivity contribution in [3.63, 3.8) is 0 Å². The van der Waals surface area contributed by atoms with Crippen LogP contribution < -0.4 is 10.6 Å². The third kappa shape index (κ3) is 4.43. The SMILES string of the molecule is Cc1ccc(-c2cc(C(=O)NCC3=CCNCC3)[nH]n2)cc1.Cl. The van der Waals surface area contributed by atoms with E-state index in [1.165, 1.54) is 11.1 Å². The standard InChI is InChI=1S/C17H20N4O.ClH/c1-12-2-4-14(5-3-12)15-10-16(21-20-15)17(22)19-11-13-6-8-18-9-7-13;/h2-6,10,18H,7-9,11H2,1H3,(H,19,22)(H,20,21);1H. The average Bonchev–Trinajstić information content (AvgIpc) is 3.04. The van der Waals surface area contributed by atoms with Crippen molar-refractivity contribution in [1.29, 1.82) is 0 Å². The number of aryl methyl sites for hydroxylation is 1. The van der Waals surface area contributed by atoms with Gasteiger partial charge in [-0.25, -0.2) is 0 Å². The maximum absolute atomic E-state index is 12.2. The van der Waals surface area contributed by atoms with Gasteiger partial charge in [-0.3, -0.25) is 9.89 Å². The normalized spacial score (nSPS) is 13.9. The first-order valence-electron chi connectivity index (χ1n) is 7.51. The van der Waals surface area contributed by atoms with E-state index in [9.17, 15) is 4.79 Å². The van der Waals surface area contributed by atoms with Crippen molar-refractivity contribution in [3.8, 4) is 11.3 Å². The summed E-state index contributed by atoms with van der Waals surface area (Å²) in [4.78, 5) is 12.2. The zero-order valence-electron chi connectivity index (χ0n) is 13.1. The van der Waals surface area contributed by atoms with Crippen LogP contribution in [0.15, 0.2) is 42.0 Å². The van der Waals surface area contributed by atoms with E-state index in [1.807, 2.05) is 31.2 Å². The lowest BCUT2D eigenvalue weighted by Crippen LogP contribution is -2.29. The molecule has 1 aromatic heterocycles. The van der Waals surface area contributed by atoms with Gasteiger partial charge in [0.25, 0.3) is 5.91 Å². The highest BCUT2D eigenvalue weighted by Gasteiger charge is 2.12. The quantitative estimate of drug-likeness (QED) is 0.753. The van der Waals surface area contributed by atoms with Crippen molar-refractivity contribution in [2.45, 2.75) is 13.3 Å². The second kappa shape index (κ2) is 7.94. The molecular weight excluding hydrogens is 312 g/mol. The molecule has 0 saturated heterocycles. The molecule has 1 aliphatic heterocycles. The number of carbonyl (C=O) groups excluding carboxylic acids is 1. The Morgan fingerprint density at radius 1 is 1.30 bits per heavy atom. The first-order valence-corrected chi connectivity index (χ1v) is 7.51. The summed E-state index contributed by atoms with van der Waals surface area (Å²) in [6.45, 7) is 4.50. The second-order valence-corrected chi connectivity index (χ2v) is 5.53. The molecule has 2 heterocycles. The molecule has 0 fully saturated rings. The number of amides is 1. The van der Waals surface area contributed by atoms with E-state index in [4.69, 9.17) is 0 Å². The molecule has 0 saturated carbocycles. The molecule has 1 amide bonds. The first-order chi connectivity index (χ1) is 10.7. The summed E-state index contributed by atoms with van der Waals surface area (Å²) in [5.74, 6) is -0.120. The molecule has 23 heavy (non-hydrogen) atoms. The fraction of sp³-hybridized carbons (Fsp3) is 0.294. The van der Waals surface area contributed by atoms with Crippen molar-refractivity contribution in [1.82, 2.24) is 20.8 Å². The lowest BCUT2D eigenvalue weighted by atomic mass is 10.1. The smallest absolute Gasteiger partial charge is 0.269 e. The average molecular weight is 333 g/mol. The van der Waals surface area contributed by atoms with Gasteiger partial charge in [0.05, 0.1) is 5.69 Å². The summed E-state index contributed by atoms with van der Waals surface area (Å²) in [5, 5.41) is 13.2. The Morgan fingerprint density at radius 3 is 2.78 bits per heavy atom. The number of halogens is 1.